The summed E-state index contributed by atoms with van der Waals surface area (Å²) in [6, 6.07) is 5.46. The van der Waals surface area contributed by atoms with E-state index >= 15 is 0 Å². The molecule has 0 aliphatic heterocycles. The zero-order chi connectivity index (χ0) is 12.3. The molecule has 88 valence electrons. The summed E-state index contributed by atoms with van der Waals surface area (Å²) in [5, 5.41) is 11.7. The van der Waals surface area contributed by atoms with Gasteiger partial charge in [-0.25, -0.2) is 4.98 Å². The van der Waals surface area contributed by atoms with Crippen molar-refractivity contribution in [2.45, 2.75) is 19.3 Å². The minimum atomic E-state index is -0.833. The highest BCUT2D eigenvalue weighted by molar-refractivity contribution is 5.97. The lowest BCUT2D eigenvalue weighted by molar-refractivity contribution is -0.126. The Bertz CT molecular complexity index is 458. The number of hydrogen-bond donors (Lipinski definition) is 1. The molecular weight excluding hydrogens is 218 g/mol. The third-order valence-electron chi connectivity index (χ3n) is 3.06. The summed E-state index contributed by atoms with van der Waals surface area (Å²) in [5.41, 5.74) is -0.253. The molecule has 5 nitrogen and oxygen atoms in total. The maximum absolute atomic E-state index is 11.9. The Morgan fingerprint density at radius 2 is 2.35 bits per heavy atom. The Hall–Kier alpha value is -2.09. The van der Waals surface area contributed by atoms with Crippen LogP contribution < -0.4 is 10.1 Å². The van der Waals surface area contributed by atoms with E-state index in [1.54, 1.807) is 12.1 Å². The van der Waals surface area contributed by atoms with E-state index in [9.17, 15) is 4.79 Å². The number of carbonyl (C=O) groups excluding carboxylic acids is 1. The topological polar surface area (TPSA) is 75.0 Å². The summed E-state index contributed by atoms with van der Waals surface area (Å²) < 4.78 is 4.92. The summed E-state index contributed by atoms with van der Waals surface area (Å²) in [5.74, 6) is 0.250. The fraction of sp³-hybridized carbons (Fsp3) is 0.417. The first kappa shape index (κ1) is 11.4. The molecule has 1 fully saturated rings. The van der Waals surface area contributed by atoms with Crippen LogP contribution in [-0.4, -0.2) is 18.0 Å². The molecule has 0 radical (unpaired) electrons. The number of pyridine rings is 1. The standard InChI is InChI=1S/C12H13N3O2/c1-17-10-4-3-9(7-14-10)15-11(16)12(8-13)5-2-6-12/h3-4,7H,2,5-6H2,1H3,(H,15,16). The monoisotopic (exact) mass is 231 g/mol. The minimum absolute atomic E-state index is 0.238. The van der Waals surface area contributed by atoms with Crippen LogP contribution in [0.5, 0.6) is 5.88 Å². The smallest absolute Gasteiger partial charge is 0.244 e. The highest BCUT2D eigenvalue weighted by Gasteiger charge is 2.44. The molecule has 0 aromatic carbocycles. The lowest BCUT2D eigenvalue weighted by Gasteiger charge is -2.33. The van der Waals surface area contributed by atoms with E-state index in [4.69, 9.17) is 10.00 Å². The molecule has 1 aromatic heterocycles. The van der Waals surface area contributed by atoms with Crippen molar-refractivity contribution in [2.24, 2.45) is 5.41 Å². The second-order valence-corrected chi connectivity index (χ2v) is 4.09. The third-order valence-corrected chi connectivity index (χ3v) is 3.06. The van der Waals surface area contributed by atoms with Gasteiger partial charge in [0.1, 0.15) is 5.41 Å². The average molecular weight is 231 g/mol. The first-order chi connectivity index (χ1) is 8.20. The molecule has 0 unspecified atom stereocenters. The van der Waals surface area contributed by atoms with E-state index < -0.39 is 5.41 Å². The van der Waals surface area contributed by atoms with E-state index in [-0.39, 0.29) is 5.91 Å². The maximum atomic E-state index is 11.9. The van der Waals surface area contributed by atoms with E-state index in [0.717, 1.165) is 6.42 Å². The number of ether oxygens (including phenoxy) is 1. The van der Waals surface area contributed by atoms with Crippen molar-refractivity contribution in [3.05, 3.63) is 18.3 Å². The van der Waals surface area contributed by atoms with Crippen LogP contribution >= 0.6 is 0 Å². The lowest BCUT2D eigenvalue weighted by Crippen LogP contribution is -2.40. The van der Waals surface area contributed by atoms with E-state index in [0.29, 0.717) is 24.4 Å². The maximum Gasteiger partial charge on any atom is 0.244 e. The van der Waals surface area contributed by atoms with Crippen molar-refractivity contribution in [3.8, 4) is 11.9 Å². The van der Waals surface area contributed by atoms with E-state index in [2.05, 4.69) is 16.4 Å². The van der Waals surface area contributed by atoms with E-state index in [1.165, 1.54) is 13.3 Å². The van der Waals surface area contributed by atoms with Crippen molar-refractivity contribution in [1.82, 2.24) is 4.98 Å². The molecule has 1 heterocycles. The van der Waals surface area contributed by atoms with Crippen LogP contribution in [0.15, 0.2) is 18.3 Å². The van der Waals surface area contributed by atoms with Gasteiger partial charge in [0.2, 0.25) is 11.8 Å². The molecule has 1 saturated carbocycles. The van der Waals surface area contributed by atoms with Gasteiger partial charge in [-0.1, -0.05) is 0 Å². The second-order valence-electron chi connectivity index (χ2n) is 4.09. The van der Waals surface area contributed by atoms with Gasteiger partial charge >= 0.3 is 0 Å². The van der Waals surface area contributed by atoms with Crippen molar-refractivity contribution in [2.75, 3.05) is 12.4 Å². The predicted octanol–water partition coefficient (Wildman–Crippen LogP) is 1.72. The normalized spacial score (nSPS) is 16.5. The molecule has 17 heavy (non-hydrogen) atoms. The van der Waals surface area contributed by atoms with Crippen molar-refractivity contribution in [1.29, 1.82) is 5.26 Å². The number of nitriles is 1. The van der Waals surface area contributed by atoms with Crippen LogP contribution in [0.25, 0.3) is 0 Å². The van der Waals surface area contributed by atoms with Crippen LogP contribution in [0.1, 0.15) is 19.3 Å². The van der Waals surface area contributed by atoms with Crippen molar-refractivity contribution >= 4 is 11.6 Å². The first-order valence-electron chi connectivity index (χ1n) is 5.43. The van der Waals surface area contributed by atoms with Gasteiger partial charge in [-0.3, -0.25) is 4.79 Å². The fourth-order valence-corrected chi connectivity index (χ4v) is 1.75. The average Bonchev–Trinajstić information content (AvgIpc) is 2.29. The number of anilines is 1. The molecule has 0 atom stereocenters. The Morgan fingerprint density at radius 3 is 2.76 bits per heavy atom. The molecule has 1 N–H and O–H groups in total. The number of methoxy groups -OCH3 is 1. The van der Waals surface area contributed by atoms with Crippen LogP contribution in [0, 0.1) is 16.7 Å². The Kier molecular flexibility index (Phi) is 2.96. The van der Waals surface area contributed by atoms with Gasteiger partial charge < -0.3 is 10.1 Å². The van der Waals surface area contributed by atoms with Gasteiger partial charge in [-0.05, 0) is 25.3 Å². The van der Waals surface area contributed by atoms with Gasteiger partial charge in [0.25, 0.3) is 0 Å². The number of nitrogens with zero attached hydrogens (tertiary/aromatic N) is 2. The van der Waals surface area contributed by atoms with Gasteiger partial charge in [-0.15, -0.1) is 0 Å². The molecular formula is C12H13N3O2. The molecule has 0 bridgehead atoms. The summed E-state index contributed by atoms with van der Waals surface area (Å²) in [7, 11) is 1.53. The number of nitrogens with one attached hydrogen (secondary N) is 1. The highest BCUT2D eigenvalue weighted by Crippen LogP contribution is 2.41. The summed E-state index contributed by atoms with van der Waals surface area (Å²) >= 11 is 0. The summed E-state index contributed by atoms with van der Waals surface area (Å²) in [6.45, 7) is 0. The van der Waals surface area contributed by atoms with Crippen LogP contribution in [0.3, 0.4) is 0 Å². The molecule has 1 amide bonds. The zero-order valence-electron chi connectivity index (χ0n) is 9.56. The number of amides is 1. The molecule has 0 saturated heterocycles. The molecule has 5 heteroatoms. The minimum Gasteiger partial charge on any atom is -0.481 e. The summed E-state index contributed by atoms with van der Waals surface area (Å²) in [4.78, 5) is 15.9. The Morgan fingerprint density at radius 1 is 1.59 bits per heavy atom. The van der Waals surface area contributed by atoms with Gasteiger partial charge in [0, 0.05) is 6.07 Å². The summed E-state index contributed by atoms with van der Waals surface area (Å²) in [6.07, 6.45) is 3.72. The molecule has 1 aromatic rings. The Balaban J connectivity index is 2.05. The molecule has 1 aliphatic carbocycles. The van der Waals surface area contributed by atoms with Gasteiger partial charge in [0.15, 0.2) is 0 Å². The number of aromatic nitrogens is 1. The van der Waals surface area contributed by atoms with Crippen molar-refractivity contribution in [3.63, 3.8) is 0 Å². The largest absolute Gasteiger partial charge is 0.481 e. The van der Waals surface area contributed by atoms with Crippen molar-refractivity contribution < 1.29 is 9.53 Å². The number of rotatable bonds is 3. The lowest BCUT2D eigenvalue weighted by atomic mass is 9.69. The quantitative estimate of drug-likeness (QED) is 0.859. The highest BCUT2D eigenvalue weighted by atomic mass is 16.5. The second kappa shape index (κ2) is 4.42. The van der Waals surface area contributed by atoms with E-state index in [1.807, 2.05) is 0 Å². The predicted molar refractivity (Wildman–Crippen MR) is 61.3 cm³/mol. The zero-order valence-corrected chi connectivity index (χ0v) is 9.56. The third kappa shape index (κ3) is 2.07. The molecule has 2 rings (SSSR count). The number of hydrogen-bond acceptors (Lipinski definition) is 4. The van der Waals surface area contributed by atoms with Crippen LogP contribution in [0.2, 0.25) is 0 Å². The number of carbonyl (C=O) groups is 1. The first-order valence-corrected chi connectivity index (χ1v) is 5.43. The van der Waals surface area contributed by atoms with Crippen LogP contribution in [-0.2, 0) is 4.79 Å². The SMILES string of the molecule is COc1ccc(NC(=O)C2(C#N)CCC2)cn1. The molecule has 1 aliphatic rings. The fourth-order valence-electron chi connectivity index (χ4n) is 1.75. The van der Waals surface area contributed by atoms with Crippen LogP contribution in [0.4, 0.5) is 5.69 Å². The van der Waals surface area contributed by atoms with Gasteiger partial charge in [0.05, 0.1) is 25.1 Å². The molecule has 0 spiro atoms. The van der Waals surface area contributed by atoms with Gasteiger partial charge in [-0.2, -0.15) is 5.26 Å². The Labute approximate surface area is 99.4 Å².